The molecule has 0 aliphatic heterocycles. The lowest BCUT2D eigenvalue weighted by atomic mass is 10.3. The summed E-state index contributed by atoms with van der Waals surface area (Å²) in [5.74, 6) is -0.970. The maximum absolute atomic E-state index is 11.9. The number of amides is 1. The number of anilines is 2. The summed E-state index contributed by atoms with van der Waals surface area (Å²) in [5, 5.41) is 13.1. The zero-order valence-electron chi connectivity index (χ0n) is 10.6. The number of carboxylic acid groups (broad SMARTS) is 1. The Labute approximate surface area is 118 Å². The van der Waals surface area contributed by atoms with E-state index in [1.165, 1.54) is 0 Å². The van der Waals surface area contributed by atoms with E-state index >= 15 is 0 Å². The van der Waals surface area contributed by atoms with Gasteiger partial charge >= 0.3 is 5.97 Å². The second-order valence-electron chi connectivity index (χ2n) is 3.92. The van der Waals surface area contributed by atoms with Gasteiger partial charge in [-0.05, 0) is 17.5 Å². The van der Waals surface area contributed by atoms with Gasteiger partial charge in [0.1, 0.15) is 4.88 Å². The van der Waals surface area contributed by atoms with Crippen molar-refractivity contribution in [1.29, 1.82) is 0 Å². The van der Waals surface area contributed by atoms with Crippen molar-refractivity contribution in [2.75, 3.05) is 23.8 Å². The molecule has 20 heavy (non-hydrogen) atoms. The van der Waals surface area contributed by atoms with Crippen LogP contribution >= 0.6 is 11.3 Å². The summed E-state index contributed by atoms with van der Waals surface area (Å²) >= 11 is 1.06. The topological polar surface area (TPSA) is 95.4 Å². The Balaban J connectivity index is 1.99. The van der Waals surface area contributed by atoms with Crippen LogP contribution in [0.4, 0.5) is 11.6 Å². The van der Waals surface area contributed by atoms with Crippen LogP contribution in [0, 0.1) is 0 Å². The monoisotopic (exact) mass is 292 g/mol. The Kier molecular flexibility index (Phi) is 4.26. The number of rotatable bonds is 5. The summed E-state index contributed by atoms with van der Waals surface area (Å²) in [4.78, 5) is 32.5. The molecule has 0 atom stereocenters. The van der Waals surface area contributed by atoms with Gasteiger partial charge in [0.25, 0.3) is 0 Å². The average molecular weight is 292 g/mol. The fourth-order valence-electron chi connectivity index (χ4n) is 1.54. The van der Waals surface area contributed by atoms with Gasteiger partial charge in [0, 0.05) is 19.4 Å². The van der Waals surface area contributed by atoms with E-state index in [0.717, 1.165) is 11.3 Å². The number of carbonyl (C=O) groups is 2. The summed E-state index contributed by atoms with van der Waals surface area (Å²) in [6.07, 6.45) is 3.16. The lowest BCUT2D eigenvalue weighted by Crippen LogP contribution is -2.31. The van der Waals surface area contributed by atoms with Crippen LogP contribution in [-0.4, -0.2) is 40.5 Å². The molecule has 0 saturated carbocycles. The quantitative estimate of drug-likeness (QED) is 0.862. The number of carbonyl (C=O) groups excluding carboxylic acids is 1. The molecule has 8 heteroatoms. The SMILES string of the molecule is CN(CC(=O)Nc1ccsc1C(=O)O)c1ncccn1. The molecule has 0 unspecified atom stereocenters. The van der Waals surface area contributed by atoms with E-state index in [-0.39, 0.29) is 17.3 Å². The van der Waals surface area contributed by atoms with Crippen molar-refractivity contribution in [2.24, 2.45) is 0 Å². The van der Waals surface area contributed by atoms with E-state index in [9.17, 15) is 9.59 Å². The lowest BCUT2D eigenvalue weighted by molar-refractivity contribution is -0.114. The highest BCUT2D eigenvalue weighted by Gasteiger charge is 2.15. The van der Waals surface area contributed by atoms with Gasteiger partial charge in [-0.15, -0.1) is 11.3 Å². The molecule has 2 aromatic rings. The van der Waals surface area contributed by atoms with E-state index in [1.807, 2.05) is 0 Å². The molecule has 0 radical (unpaired) electrons. The first kappa shape index (κ1) is 13.9. The van der Waals surface area contributed by atoms with Crippen LogP contribution in [0.15, 0.2) is 29.9 Å². The van der Waals surface area contributed by atoms with Gasteiger partial charge in [-0.3, -0.25) is 4.79 Å². The molecular weight excluding hydrogens is 280 g/mol. The van der Waals surface area contributed by atoms with Crippen molar-refractivity contribution in [3.05, 3.63) is 34.8 Å². The van der Waals surface area contributed by atoms with Gasteiger partial charge in [0.2, 0.25) is 11.9 Å². The van der Waals surface area contributed by atoms with E-state index in [4.69, 9.17) is 5.11 Å². The highest BCUT2D eigenvalue weighted by atomic mass is 32.1. The maximum Gasteiger partial charge on any atom is 0.348 e. The van der Waals surface area contributed by atoms with Crippen molar-refractivity contribution in [3.8, 4) is 0 Å². The van der Waals surface area contributed by atoms with Crippen LogP contribution < -0.4 is 10.2 Å². The van der Waals surface area contributed by atoms with Gasteiger partial charge in [-0.1, -0.05) is 0 Å². The standard InChI is InChI=1S/C12H12N4O3S/c1-16(12-13-4-2-5-14-12)7-9(17)15-8-3-6-20-10(8)11(18)19/h2-6H,7H2,1H3,(H,15,17)(H,18,19). The summed E-state index contributed by atoms with van der Waals surface area (Å²) in [7, 11) is 1.68. The molecule has 0 aliphatic carbocycles. The van der Waals surface area contributed by atoms with Crippen molar-refractivity contribution >= 4 is 34.8 Å². The minimum atomic E-state index is -1.06. The van der Waals surface area contributed by atoms with Crippen molar-refractivity contribution in [2.45, 2.75) is 0 Å². The number of hydrogen-bond donors (Lipinski definition) is 2. The van der Waals surface area contributed by atoms with Gasteiger partial charge in [0.15, 0.2) is 0 Å². The van der Waals surface area contributed by atoms with Gasteiger partial charge in [-0.2, -0.15) is 0 Å². The first-order chi connectivity index (χ1) is 9.58. The summed E-state index contributed by atoms with van der Waals surface area (Å²) < 4.78 is 0. The Morgan fingerprint density at radius 2 is 2.10 bits per heavy atom. The van der Waals surface area contributed by atoms with Crippen LogP contribution in [0.5, 0.6) is 0 Å². The normalized spacial score (nSPS) is 10.1. The van der Waals surface area contributed by atoms with E-state index in [1.54, 1.807) is 41.9 Å². The third kappa shape index (κ3) is 3.29. The zero-order valence-corrected chi connectivity index (χ0v) is 11.4. The predicted molar refractivity (Wildman–Crippen MR) is 75.2 cm³/mol. The molecule has 2 heterocycles. The van der Waals surface area contributed by atoms with Crippen LogP contribution in [0.25, 0.3) is 0 Å². The smallest absolute Gasteiger partial charge is 0.348 e. The highest BCUT2D eigenvalue weighted by Crippen LogP contribution is 2.22. The minimum absolute atomic E-state index is 0.0267. The van der Waals surface area contributed by atoms with Crippen molar-refractivity contribution < 1.29 is 14.7 Å². The fourth-order valence-corrected chi connectivity index (χ4v) is 2.22. The fraction of sp³-hybridized carbons (Fsp3) is 0.167. The second-order valence-corrected chi connectivity index (χ2v) is 4.84. The molecular formula is C12H12N4O3S. The molecule has 0 fully saturated rings. The number of nitrogens with zero attached hydrogens (tertiary/aromatic N) is 3. The minimum Gasteiger partial charge on any atom is -0.477 e. The number of hydrogen-bond acceptors (Lipinski definition) is 6. The molecule has 0 spiro atoms. The number of nitrogens with one attached hydrogen (secondary N) is 1. The maximum atomic E-state index is 11.9. The Bertz CT molecular complexity index is 614. The molecule has 2 aromatic heterocycles. The van der Waals surface area contributed by atoms with E-state index in [2.05, 4.69) is 15.3 Å². The van der Waals surface area contributed by atoms with Crippen LogP contribution in [0.1, 0.15) is 9.67 Å². The lowest BCUT2D eigenvalue weighted by Gasteiger charge is -2.15. The van der Waals surface area contributed by atoms with Gasteiger partial charge < -0.3 is 15.3 Å². The van der Waals surface area contributed by atoms with Crippen molar-refractivity contribution in [3.63, 3.8) is 0 Å². The zero-order chi connectivity index (χ0) is 14.5. The molecule has 0 aliphatic rings. The highest BCUT2D eigenvalue weighted by molar-refractivity contribution is 7.12. The van der Waals surface area contributed by atoms with Crippen LogP contribution in [0.2, 0.25) is 0 Å². The number of aromatic nitrogens is 2. The Hall–Kier alpha value is -2.48. The number of carboxylic acids is 1. The first-order valence-electron chi connectivity index (χ1n) is 5.66. The first-order valence-corrected chi connectivity index (χ1v) is 6.54. The molecule has 2 rings (SSSR count). The molecule has 0 aromatic carbocycles. The molecule has 2 N–H and O–H groups in total. The van der Waals surface area contributed by atoms with Gasteiger partial charge in [0.05, 0.1) is 12.2 Å². The summed E-state index contributed by atoms with van der Waals surface area (Å²) in [5.41, 5.74) is 0.301. The third-order valence-corrected chi connectivity index (χ3v) is 3.31. The molecule has 0 bridgehead atoms. The van der Waals surface area contributed by atoms with Crippen LogP contribution in [-0.2, 0) is 4.79 Å². The number of aromatic carboxylic acids is 1. The van der Waals surface area contributed by atoms with Gasteiger partial charge in [-0.25, -0.2) is 14.8 Å². The Morgan fingerprint density at radius 1 is 1.40 bits per heavy atom. The number of thiophene rings is 1. The largest absolute Gasteiger partial charge is 0.477 e. The molecule has 0 saturated heterocycles. The predicted octanol–water partition coefficient (Wildman–Crippen LogP) is 1.31. The molecule has 7 nitrogen and oxygen atoms in total. The Morgan fingerprint density at radius 3 is 2.75 bits per heavy atom. The van der Waals surface area contributed by atoms with Crippen molar-refractivity contribution in [1.82, 2.24) is 9.97 Å². The molecule has 104 valence electrons. The summed E-state index contributed by atoms with van der Waals surface area (Å²) in [6.45, 7) is 0.0267. The van der Waals surface area contributed by atoms with E-state index < -0.39 is 5.97 Å². The average Bonchev–Trinajstić information content (AvgIpc) is 2.87. The van der Waals surface area contributed by atoms with Crippen LogP contribution in [0.3, 0.4) is 0 Å². The van der Waals surface area contributed by atoms with E-state index in [0.29, 0.717) is 11.6 Å². The summed E-state index contributed by atoms with van der Waals surface area (Å²) in [6, 6.07) is 3.24. The molecule has 1 amide bonds. The third-order valence-electron chi connectivity index (χ3n) is 2.41. The number of likely N-dealkylation sites (N-methyl/N-ethyl adjacent to an activating group) is 1. The second kappa shape index (κ2) is 6.11.